The summed E-state index contributed by atoms with van der Waals surface area (Å²) >= 11 is 0. The van der Waals surface area contributed by atoms with Gasteiger partial charge in [0.25, 0.3) is 0 Å². The van der Waals surface area contributed by atoms with Crippen LogP contribution < -0.4 is 9.47 Å². The molecule has 2 aromatic carbocycles. The molecule has 0 amide bonds. The lowest BCUT2D eigenvalue weighted by Gasteiger charge is -2.26. The fraction of sp³-hybridized carbons (Fsp3) is 0.440. The van der Waals surface area contributed by atoms with E-state index in [1.807, 2.05) is 67.6 Å². The largest absolute Gasteiger partial charge is 0.490 e. The van der Waals surface area contributed by atoms with Crippen LogP contribution in [-0.4, -0.2) is 36.4 Å². The van der Waals surface area contributed by atoms with Crippen molar-refractivity contribution in [1.29, 1.82) is 0 Å². The molecule has 0 saturated heterocycles. The maximum atomic E-state index is 12.7. The summed E-state index contributed by atoms with van der Waals surface area (Å²) in [5, 5.41) is 0. The summed E-state index contributed by atoms with van der Waals surface area (Å²) in [5.41, 5.74) is -0.606. The zero-order chi connectivity index (χ0) is 22.9. The molecule has 0 N–H and O–H groups in total. The van der Waals surface area contributed by atoms with Crippen LogP contribution in [0.1, 0.15) is 41.0 Å². The Morgan fingerprint density at radius 2 is 1.42 bits per heavy atom. The molecular formula is C25H32O6. The predicted octanol–water partition coefficient (Wildman–Crippen LogP) is 4.81. The Hall–Kier alpha value is -3.02. The first kappa shape index (κ1) is 24.3. The summed E-state index contributed by atoms with van der Waals surface area (Å²) < 4.78 is 22.8. The number of carbonyl (C=O) groups is 2. The van der Waals surface area contributed by atoms with E-state index in [4.69, 9.17) is 18.9 Å². The highest BCUT2D eigenvalue weighted by Crippen LogP contribution is 2.18. The number of carbonyl (C=O) groups excluding carboxylic acids is 2. The molecule has 0 radical (unpaired) electrons. The van der Waals surface area contributed by atoms with Gasteiger partial charge >= 0.3 is 11.9 Å². The molecule has 2 aromatic rings. The van der Waals surface area contributed by atoms with E-state index in [9.17, 15) is 9.59 Å². The first-order valence-corrected chi connectivity index (χ1v) is 10.5. The summed E-state index contributed by atoms with van der Waals surface area (Å²) in [5.74, 6) is -0.272. The molecule has 0 fully saturated rings. The number of ether oxygens (including phenoxy) is 4. The minimum atomic E-state index is -0.672. The van der Waals surface area contributed by atoms with Crippen molar-refractivity contribution in [1.82, 2.24) is 0 Å². The van der Waals surface area contributed by atoms with Crippen LogP contribution in [0, 0.1) is 5.92 Å². The van der Waals surface area contributed by atoms with Crippen LogP contribution >= 0.6 is 0 Å². The molecule has 6 nitrogen and oxygen atoms in total. The van der Waals surface area contributed by atoms with Crippen LogP contribution in [0.4, 0.5) is 0 Å². The number of hydrogen-bond acceptors (Lipinski definition) is 6. The van der Waals surface area contributed by atoms with Crippen molar-refractivity contribution in [3.63, 3.8) is 0 Å². The van der Waals surface area contributed by atoms with Gasteiger partial charge in [-0.25, -0.2) is 0 Å². The standard InChI is InChI=1S/C25H32O6/c1-18(16-23(26)31-25(3,4)5)24(27)30-22(17-28-20-12-8-6-9-13-20)19(2)29-21-14-10-7-11-15-21/h6-15,18-19,22H,16-17H2,1-5H3/t18-,19+,22-/m1/s1. The number of para-hydroxylation sites is 2. The first-order chi connectivity index (χ1) is 14.6. The molecule has 0 heterocycles. The van der Waals surface area contributed by atoms with Gasteiger partial charge in [0.1, 0.15) is 29.8 Å². The molecule has 31 heavy (non-hydrogen) atoms. The molecule has 0 aliphatic heterocycles. The Kier molecular flexibility index (Phi) is 8.91. The van der Waals surface area contributed by atoms with Gasteiger partial charge in [0.15, 0.2) is 6.10 Å². The summed E-state index contributed by atoms with van der Waals surface area (Å²) in [6.07, 6.45) is -1.20. The topological polar surface area (TPSA) is 71.1 Å². The number of hydrogen-bond donors (Lipinski definition) is 0. The zero-order valence-electron chi connectivity index (χ0n) is 18.9. The van der Waals surface area contributed by atoms with Crippen molar-refractivity contribution in [2.75, 3.05) is 6.61 Å². The molecule has 0 aliphatic rings. The Morgan fingerprint density at radius 3 is 1.97 bits per heavy atom. The third kappa shape index (κ3) is 9.11. The highest BCUT2D eigenvalue weighted by Gasteiger charge is 2.29. The first-order valence-electron chi connectivity index (χ1n) is 10.5. The van der Waals surface area contributed by atoms with Gasteiger partial charge in [-0.1, -0.05) is 43.3 Å². The van der Waals surface area contributed by atoms with Gasteiger partial charge in [-0.2, -0.15) is 0 Å². The van der Waals surface area contributed by atoms with Gasteiger partial charge in [-0.05, 0) is 52.0 Å². The molecule has 0 saturated carbocycles. The molecule has 3 atom stereocenters. The molecular weight excluding hydrogens is 396 g/mol. The third-order valence-electron chi connectivity index (χ3n) is 4.31. The van der Waals surface area contributed by atoms with Crippen molar-refractivity contribution >= 4 is 11.9 Å². The Morgan fingerprint density at radius 1 is 0.871 bits per heavy atom. The summed E-state index contributed by atoms with van der Waals surface area (Å²) in [7, 11) is 0. The van der Waals surface area contributed by atoms with Gasteiger partial charge in [0, 0.05) is 0 Å². The second-order valence-corrected chi connectivity index (χ2v) is 8.43. The second-order valence-electron chi connectivity index (χ2n) is 8.43. The number of rotatable bonds is 10. The number of benzene rings is 2. The lowest BCUT2D eigenvalue weighted by atomic mass is 10.1. The highest BCUT2D eigenvalue weighted by atomic mass is 16.6. The minimum Gasteiger partial charge on any atom is -0.490 e. The Bertz CT molecular complexity index is 813. The van der Waals surface area contributed by atoms with E-state index in [1.165, 1.54) is 0 Å². The second kappa shape index (κ2) is 11.4. The summed E-state index contributed by atoms with van der Waals surface area (Å²) in [6, 6.07) is 18.6. The smallest absolute Gasteiger partial charge is 0.309 e. The Labute approximate surface area is 184 Å². The quantitative estimate of drug-likeness (QED) is 0.506. The van der Waals surface area contributed by atoms with Crippen molar-refractivity contribution in [3.05, 3.63) is 60.7 Å². The van der Waals surface area contributed by atoms with E-state index < -0.39 is 35.7 Å². The van der Waals surface area contributed by atoms with Crippen LogP contribution in [0.2, 0.25) is 0 Å². The maximum Gasteiger partial charge on any atom is 0.309 e. The molecule has 0 bridgehead atoms. The van der Waals surface area contributed by atoms with E-state index in [2.05, 4.69) is 0 Å². The Balaban J connectivity index is 2.02. The summed E-state index contributed by atoms with van der Waals surface area (Å²) in [6.45, 7) is 8.93. The van der Waals surface area contributed by atoms with Crippen LogP contribution in [-0.2, 0) is 19.1 Å². The fourth-order valence-electron chi connectivity index (χ4n) is 2.73. The van der Waals surface area contributed by atoms with Crippen LogP contribution in [0.25, 0.3) is 0 Å². The van der Waals surface area contributed by atoms with E-state index in [1.54, 1.807) is 27.7 Å². The van der Waals surface area contributed by atoms with E-state index in [0.29, 0.717) is 11.5 Å². The average molecular weight is 429 g/mol. The molecule has 0 unspecified atom stereocenters. The lowest BCUT2D eigenvalue weighted by molar-refractivity contribution is -0.166. The van der Waals surface area contributed by atoms with Gasteiger partial charge in [0.2, 0.25) is 0 Å². The average Bonchev–Trinajstić information content (AvgIpc) is 2.70. The van der Waals surface area contributed by atoms with Crippen LogP contribution in [0.5, 0.6) is 11.5 Å². The van der Waals surface area contributed by atoms with Crippen molar-refractivity contribution in [2.24, 2.45) is 5.92 Å². The van der Waals surface area contributed by atoms with Gasteiger partial charge < -0.3 is 18.9 Å². The monoisotopic (exact) mass is 428 g/mol. The van der Waals surface area contributed by atoms with Crippen molar-refractivity contribution in [3.8, 4) is 11.5 Å². The minimum absolute atomic E-state index is 0.0592. The molecule has 0 aliphatic carbocycles. The maximum absolute atomic E-state index is 12.7. The highest BCUT2D eigenvalue weighted by molar-refractivity contribution is 5.80. The third-order valence-corrected chi connectivity index (χ3v) is 4.31. The normalized spacial score (nSPS) is 14.1. The lowest BCUT2D eigenvalue weighted by Crippen LogP contribution is -2.39. The molecule has 2 rings (SSSR count). The predicted molar refractivity (Wildman–Crippen MR) is 118 cm³/mol. The van der Waals surface area contributed by atoms with Gasteiger partial charge in [-0.3, -0.25) is 9.59 Å². The molecule has 0 spiro atoms. The molecule has 168 valence electrons. The number of esters is 2. The van der Waals surface area contributed by atoms with Crippen LogP contribution in [0.3, 0.4) is 0 Å². The summed E-state index contributed by atoms with van der Waals surface area (Å²) in [4.78, 5) is 24.7. The van der Waals surface area contributed by atoms with Crippen molar-refractivity contribution < 1.29 is 28.5 Å². The van der Waals surface area contributed by atoms with E-state index in [0.717, 1.165) is 0 Å². The van der Waals surface area contributed by atoms with Gasteiger partial charge in [-0.15, -0.1) is 0 Å². The fourth-order valence-corrected chi connectivity index (χ4v) is 2.73. The van der Waals surface area contributed by atoms with Gasteiger partial charge in [0.05, 0.1) is 12.3 Å². The van der Waals surface area contributed by atoms with Crippen molar-refractivity contribution in [2.45, 2.75) is 58.8 Å². The van der Waals surface area contributed by atoms with E-state index >= 15 is 0 Å². The zero-order valence-corrected chi connectivity index (χ0v) is 18.9. The molecule has 6 heteroatoms. The SMILES string of the molecule is C[C@H](CC(=O)OC(C)(C)C)C(=O)O[C@H](COc1ccccc1)[C@H](C)Oc1ccccc1. The molecule has 0 aromatic heterocycles. The van der Waals surface area contributed by atoms with Crippen LogP contribution in [0.15, 0.2) is 60.7 Å². The van der Waals surface area contributed by atoms with E-state index in [-0.39, 0.29) is 13.0 Å².